The van der Waals surface area contributed by atoms with E-state index in [9.17, 15) is 0 Å². The van der Waals surface area contributed by atoms with Gasteiger partial charge in [0, 0.05) is 13.1 Å². The Kier molecular flexibility index (Phi) is 3.10. The van der Waals surface area contributed by atoms with Crippen LogP contribution in [0.5, 0.6) is 0 Å². The number of β-amino-alcohol motifs (C(OH)–C–C–N with tert-alkyl or cyclic N) is 1. The van der Waals surface area contributed by atoms with Gasteiger partial charge in [-0.3, -0.25) is 0 Å². The molecule has 0 unspecified atom stereocenters. The number of hydrogen-bond acceptors (Lipinski definition) is 3. The molecule has 2 atom stereocenters. The van der Waals surface area contributed by atoms with Crippen LogP contribution in [-0.2, 0) is 0 Å². The Bertz CT molecular complexity index is 198. The Morgan fingerprint density at radius 1 is 1.43 bits per heavy atom. The molecule has 1 saturated carbocycles. The van der Waals surface area contributed by atoms with Crippen LogP contribution in [0.3, 0.4) is 0 Å². The SMILES string of the molecule is NC[C@@H]1CC[C@]2(CCN(CCO)C2)C1. The first-order chi connectivity index (χ1) is 6.78. The molecule has 82 valence electrons. The maximum Gasteiger partial charge on any atom is 0.0558 e. The van der Waals surface area contributed by atoms with Crippen LogP contribution in [0, 0.1) is 11.3 Å². The molecule has 2 fully saturated rings. The number of nitrogens with two attached hydrogens (primary N) is 1. The van der Waals surface area contributed by atoms with Gasteiger partial charge < -0.3 is 15.7 Å². The zero-order chi connectivity index (χ0) is 10.0. The van der Waals surface area contributed by atoms with E-state index < -0.39 is 0 Å². The molecule has 0 aromatic rings. The second-order valence-electron chi connectivity index (χ2n) is 5.09. The van der Waals surface area contributed by atoms with Crippen LogP contribution in [0.4, 0.5) is 0 Å². The van der Waals surface area contributed by atoms with Crippen LogP contribution < -0.4 is 5.73 Å². The van der Waals surface area contributed by atoms with Gasteiger partial charge in [-0.15, -0.1) is 0 Å². The molecule has 1 aliphatic heterocycles. The molecule has 1 spiro atoms. The highest BCUT2D eigenvalue weighted by atomic mass is 16.3. The highest BCUT2D eigenvalue weighted by Gasteiger charge is 2.43. The number of aliphatic hydroxyl groups is 1. The van der Waals surface area contributed by atoms with E-state index in [0.29, 0.717) is 12.0 Å². The van der Waals surface area contributed by atoms with Crippen LogP contribution in [0.25, 0.3) is 0 Å². The molecule has 1 aliphatic carbocycles. The molecular formula is C11H22N2O. The highest BCUT2D eigenvalue weighted by Crippen LogP contribution is 2.47. The predicted molar refractivity (Wildman–Crippen MR) is 57.0 cm³/mol. The van der Waals surface area contributed by atoms with Crippen molar-refractivity contribution in [2.75, 3.05) is 32.8 Å². The Morgan fingerprint density at radius 2 is 2.29 bits per heavy atom. The molecule has 0 radical (unpaired) electrons. The first-order valence-electron chi connectivity index (χ1n) is 5.81. The van der Waals surface area contributed by atoms with Crippen LogP contribution in [0.2, 0.25) is 0 Å². The van der Waals surface area contributed by atoms with Gasteiger partial charge in [0.2, 0.25) is 0 Å². The minimum absolute atomic E-state index is 0.302. The van der Waals surface area contributed by atoms with Crippen LogP contribution in [0.1, 0.15) is 25.7 Å². The van der Waals surface area contributed by atoms with Gasteiger partial charge in [-0.1, -0.05) is 0 Å². The van der Waals surface area contributed by atoms with Crippen molar-refractivity contribution in [2.24, 2.45) is 17.1 Å². The summed E-state index contributed by atoms with van der Waals surface area (Å²) < 4.78 is 0. The first-order valence-corrected chi connectivity index (χ1v) is 5.81. The van der Waals surface area contributed by atoms with Crippen molar-refractivity contribution in [3.05, 3.63) is 0 Å². The smallest absolute Gasteiger partial charge is 0.0558 e. The molecule has 3 nitrogen and oxygen atoms in total. The fraction of sp³-hybridized carbons (Fsp3) is 1.00. The Labute approximate surface area is 86.3 Å². The number of rotatable bonds is 3. The third-order valence-electron chi connectivity index (χ3n) is 4.07. The quantitative estimate of drug-likeness (QED) is 0.691. The number of hydrogen-bond donors (Lipinski definition) is 2. The average Bonchev–Trinajstić information content (AvgIpc) is 2.76. The summed E-state index contributed by atoms with van der Waals surface area (Å²) in [5.74, 6) is 0.768. The fourth-order valence-electron chi connectivity index (χ4n) is 3.26. The van der Waals surface area contributed by atoms with E-state index in [1.165, 1.54) is 38.8 Å². The summed E-state index contributed by atoms with van der Waals surface area (Å²) in [7, 11) is 0. The second-order valence-corrected chi connectivity index (χ2v) is 5.09. The van der Waals surface area contributed by atoms with Crippen molar-refractivity contribution < 1.29 is 5.11 Å². The summed E-state index contributed by atoms with van der Waals surface area (Å²) in [5.41, 5.74) is 6.29. The highest BCUT2D eigenvalue weighted by molar-refractivity contribution is 4.96. The van der Waals surface area contributed by atoms with Crippen LogP contribution >= 0.6 is 0 Å². The summed E-state index contributed by atoms with van der Waals surface area (Å²) in [5, 5.41) is 8.89. The largest absolute Gasteiger partial charge is 0.395 e. The van der Waals surface area contributed by atoms with Gasteiger partial charge in [0.15, 0.2) is 0 Å². The van der Waals surface area contributed by atoms with E-state index in [2.05, 4.69) is 4.90 Å². The van der Waals surface area contributed by atoms with Gasteiger partial charge in [0.05, 0.1) is 6.61 Å². The standard InChI is InChI=1S/C11H22N2O/c12-8-10-1-2-11(7-10)3-4-13(9-11)5-6-14/h10,14H,1-9,12H2/t10-,11+/m1/s1. The van der Waals surface area contributed by atoms with Crippen molar-refractivity contribution in [1.82, 2.24) is 4.90 Å². The lowest BCUT2D eigenvalue weighted by Crippen LogP contribution is -2.28. The van der Waals surface area contributed by atoms with Gasteiger partial charge in [0.1, 0.15) is 0 Å². The third-order valence-corrected chi connectivity index (χ3v) is 4.07. The molecule has 2 rings (SSSR count). The Morgan fingerprint density at radius 3 is 2.93 bits per heavy atom. The zero-order valence-electron chi connectivity index (χ0n) is 8.91. The van der Waals surface area contributed by atoms with E-state index in [1.54, 1.807) is 0 Å². The van der Waals surface area contributed by atoms with Gasteiger partial charge in [0.25, 0.3) is 0 Å². The number of nitrogens with zero attached hydrogens (tertiary/aromatic N) is 1. The third kappa shape index (κ3) is 1.95. The molecule has 2 aliphatic rings. The van der Waals surface area contributed by atoms with Crippen molar-refractivity contribution in [2.45, 2.75) is 25.7 Å². The molecule has 1 saturated heterocycles. The average molecular weight is 198 g/mol. The van der Waals surface area contributed by atoms with Crippen molar-refractivity contribution >= 4 is 0 Å². The molecule has 3 N–H and O–H groups in total. The molecule has 0 aromatic heterocycles. The Balaban J connectivity index is 1.87. The summed E-state index contributed by atoms with van der Waals surface area (Å²) in [4.78, 5) is 2.40. The molecule has 0 aromatic carbocycles. The van der Waals surface area contributed by atoms with Gasteiger partial charge in [-0.2, -0.15) is 0 Å². The van der Waals surface area contributed by atoms with E-state index in [-0.39, 0.29) is 0 Å². The minimum atomic E-state index is 0.302. The summed E-state index contributed by atoms with van der Waals surface area (Å²) in [6.07, 6.45) is 5.33. The lowest BCUT2D eigenvalue weighted by molar-refractivity contribution is 0.199. The maximum atomic E-state index is 8.89. The summed E-state index contributed by atoms with van der Waals surface area (Å²) in [6, 6.07) is 0. The lowest BCUT2D eigenvalue weighted by atomic mass is 9.84. The number of likely N-dealkylation sites (tertiary alicyclic amines) is 1. The Hall–Kier alpha value is -0.120. The normalized spacial score (nSPS) is 38.6. The maximum absolute atomic E-state index is 8.89. The minimum Gasteiger partial charge on any atom is -0.395 e. The zero-order valence-corrected chi connectivity index (χ0v) is 8.91. The molecule has 0 amide bonds. The van der Waals surface area contributed by atoms with Gasteiger partial charge in [-0.25, -0.2) is 0 Å². The number of aliphatic hydroxyl groups excluding tert-OH is 1. The monoisotopic (exact) mass is 198 g/mol. The van der Waals surface area contributed by atoms with E-state index in [0.717, 1.165) is 19.0 Å². The molecule has 1 heterocycles. The summed E-state index contributed by atoms with van der Waals surface area (Å²) in [6.45, 7) is 4.40. The van der Waals surface area contributed by atoms with Gasteiger partial charge in [-0.05, 0) is 50.1 Å². The van der Waals surface area contributed by atoms with E-state index >= 15 is 0 Å². The van der Waals surface area contributed by atoms with E-state index in [1.807, 2.05) is 0 Å². The van der Waals surface area contributed by atoms with E-state index in [4.69, 9.17) is 10.8 Å². The summed E-state index contributed by atoms with van der Waals surface area (Å²) >= 11 is 0. The second kappa shape index (κ2) is 4.17. The molecule has 0 bridgehead atoms. The predicted octanol–water partition coefficient (Wildman–Crippen LogP) is 0.430. The molecular weight excluding hydrogens is 176 g/mol. The molecule has 14 heavy (non-hydrogen) atoms. The van der Waals surface area contributed by atoms with Crippen LogP contribution in [0.15, 0.2) is 0 Å². The lowest BCUT2D eigenvalue weighted by Gasteiger charge is -2.24. The van der Waals surface area contributed by atoms with Gasteiger partial charge >= 0.3 is 0 Å². The van der Waals surface area contributed by atoms with Crippen LogP contribution in [-0.4, -0.2) is 42.8 Å². The first kappa shape index (κ1) is 10.4. The molecule has 3 heteroatoms. The van der Waals surface area contributed by atoms with Crippen molar-refractivity contribution in [3.63, 3.8) is 0 Å². The topological polar surface area (TPSA) is 49.5 Å². The van der Waals surface area contributed by atoms with Crippen molar-refractivity contribution in [1.29, 1.82) is 0 Å². The van der Waals surface area contributed by atoms with Crippen molar-refractivity contribution in [3.8, 4) is 0 Å². The fourth-order valence-corrected chi connectivity index (χ4v) is 3.26.